The van der Waals surface area contributed by atoms with Gasteiger partial charge in [0.15, 0.2) is 0 Å². The summed E-state index contributed by atoms with van der Waals surface area (Å²) in [6.07, 6.45) is 7.65. The zero-order valence-corrected chi connectivity index (χ0v) is 12.3. The molecule has 2 aliphatic rings. The van der Waals surface area contributed by atoms with E-state index in [1.807, 2.05) is 0 Å². The number of rotatable bonds is 5. The van der Waals surface area contributed by atoms with Gasteiger partial charge in [-0.25, -0.2) is 0 Å². The molecule has 4 heteroatoms. The van der Waals surface area contributed by atoms with Crippen molar-refractivity contribution in [3.05, 3.63) is 0 Å². The molecule has 1 saturated carbocycles. The molecule has 1 heterocycles. The van der Waals surface area contributed by atoms with Crippen LogP contribution < -0.4 is 10.6 Å². The van der Waals surface area contributed by atoms with E-state index in [-0.39, 0.29) is 23.5 Å². The maximum Gasteiger partial charge on any atom is 0.227 e. The third-order valence-corrected chi connectivity index (χ3v) is 4.75. The van der Waals surface area contributed by atoms with Crippen molar-refractivity contribution >= 4 is 5.91 Å². The molecule has 0 aromatic heterocycles. The molecule has 2 N–H and O–H groups in total. The third kappa shape index (κ3) is 3.29. The van der Waals surface area contributed by atoms with E-state index in [9.17, 15) is 4.79 Å². The van der Waals surface area contributed by atoms with Crippen LogP contribution in [-0.4, -0.2) is 38.3 Å². The minimum absolute atomic E-state index is 0.187. The fraction of sp³-hybridized carbons (Fsp3) is 0.933. The first-order valence-corrected chi connectivity index (χ1v) is 7.76. The highest BCUT2D eigenvalue weighted by Crippen LogP contribution is 2.33. The third-order valence-electron chi connectivity index (χ3n) is 4.75. The number of carbonyl (C=O) groups excluding carboxylic acids is 1. The number of amides is 1. The van der Waals surface area contributed by atoms with E-state index in [2.05, 4.69) is 17.6 Å². The predicted molar refractivity (Wildman–Crippen MR) is 76.0 cm³/mol. The summed E-state index contributed by atoms with van der Waals surface area (Å²) in [4.78, 5) is 12.7. The van der Waals surface area contributed by atoms with E-state index in [4.69, 9.17) is 4.74 Å². The van der Waals surface area contributed by atoms with E-state index in [1.165, 1.54) is 0 Å². The van der Waals surface area contributed by atoms with Crippen molar-refractivity contribution in [2.45, 2.75) is 64.0 Å². The monoisotopic (exact) mass is 268 g/mol. The smallest absolute Gasteiger partial charge is 0.227 e. The number of ether oxygens (including phenoxy) is 1. The van der Waals surface area contributed by atoms with E-state index in [1.54, 1.807) is 7.11 Å². The van der Waals surface area contributed by atoms with Gasteiger partial charge >= 0.3 is 0 Å². The Labute approximate surface area is 116 Å². The van der Waals surface area contributed by atoms with Crippen LogP contribution in [0.4, 0.5) is 0 Å². The lowest BCUT2D eigenvalue weighted by Gasteiger charge is -2.37. The number of piperidine rings is 1. The minimum atomic E-state index is -0.187. The molecule has 1 aliphatic heterocycles. The maximum absolute atomic E-state index is 12.7. The van der Waals surface area contributed by atoms with Crippen LogP contribution in [0, 0.1) is 5.41 Å². The Kier molecular flexibility index (Phi) is 5.22. The Morgan fingerprint density at radius 2 is 2.26 bits per heavy atom. The predicted octanol–water partition coefficient (Wildman–Crippen LogP) is 1.84. The van der Waals surface area contributed by atoms with Crippen LogP contribution in [-0.2, 0) is 9.53 Å². The number of carbonyl (C=O) groups is 1. The molecule has 110 valence electrons. The fourth-order valence-electron chi connectivity index (χ4n) is 3.66. The van der Waals surface area contributed by atoms with Gasteiger partial charge in [0.25, 0.3) is 0 Å². The maximum atomic E-state index is 12.7. The Morgan fingerprint density at radius 1 is 1.42 bits per heavy atom. The number of hydrogen-bond acceptors (Lipinski definition) is 3. The molecule has 2 fully saturated rings. The summed E-state index contributed by atoms with van der Waals surface area (Å²) in [6.45, 7) is 4.04. The number of nitrogens with one attached hydrogen (secondary N) is 2. The first-order valence-electron chi connectivity index (χ1n) is 7.76. The summed E-state index contributed by atoms with van der Waals surface area (Å²) in [5, 5.41) is 6.67. The molecule has 3 atom stereocenters. The van der Waals surface area contributed by atoms with E-state index in [0.717, 1.165) is 58.0 Å². The van der Waals surface area contributed by atoms with Gasteiger partial charge in [-0.05, 0) is 45.1 Å². The van der Waals surface area contributed by atoms with Gasteiger partial charge in [-0.15, -0.1) is 0 Å². The summed E-state index contributed by atoms with van der Waals surface area (Å²) in [6, 6.07) is 0.216. The first kappa shape index (κ1) is 14.8. The summed E-state index contributed by atoms with van der Waals surface area (Å²) < 4.78 is 5.47. The van der Waals surface area contributed by atoms with Gasteiger partial charge in [-0.1, -0.05) is 13.3 Å². The highest BCUT2D eigenvalue weighted by Gasteiger charge is 2.40. The number of methoxy groups -OCH3 is 1. The van der Waals surface area contributed by atoms with Crippen molar-refractivity contribution in [3.8, 4) is 0 Å². The Hall–Kier alpha value is -0.610. The summed E-state index contributed by atoms with van der Waals surface area (Å²) in [5.74, 6) is 0.246. The van der Waals surface area contributed by atoms with Crippen molar-refractivity contribution in [1.29, 1.82) is 0 Å². The highest BCUT2D eigenvalue weighted by atomic mass is 16.5. The molecular weight excluding hydrogens is 240 g/mol. The van der Waals surface area contributed by atoms with E-state index >= 15 is 0 Å². The van der Waals surface area contributed by atoms with Crippen molar-refractivity contribution in [3.63, 3.8) is 0 Å². The van der Waals surface area contributed by atoms with Gasteiger partial charge in [0.1, 0.15) is 0 Å². The summed E-state index contributed by atoms with van der Waals surface area (Å²) in [5.41, 5.74) is -0.187. The average molecular weight is 268 g/mol. The SMILES string of the molecule is CCCC1(C(=O)NC2CCCC2OC)CCCNC1. The largest absolute Gasteiger partial charge is 0.379 e. The van der Waals surface area contributed by atoms with Crippen LogP contribution >= 0.6 is 0 Å². The lowest BCUT2D eigenvalue weighted by molar-refractivity contribution is -0.134. The molecule has 19 heavy (non-hydrogen) atoms. The molecule has 0 aromatic carbocycles. The first-order chi connectivity index (χ1) is 9.22. The Morgan fingerprint density at radius 3 is 2.89 bits per heavy atom. The van der Waals surface area contributed by atoms with Crippen LogP contribution in [0.2, 0.25) is 0 Å². The zero-order valence-electron chi connectivity index (χ0n) is 12.3. The number of hydrogen-bond donors (Lipinski definition) is 2. The molecule has 0 aromatic rings. The van der Waals surface area contributed by atoms with Crippen LogP contribution in [0.25, 0.3) is 0 Å². The van der Waals surface area contributed by atoms with Gasteiger partial charge in [0, 0.05) is 13.7 Å². The second-order valence-corrected chi connectivity index (χ2v) is 6.10. The molecule has 2 rings (SSSR count). The van der Waals surface area contributed by atoms with Gasteiger partial charge in [0.05, 0.1) is 17.6 Å². The summed E-state index contributed by atoms with van der Waals surface area (Å²) in [7, 11) is 1.75. The molecule has 3 unspecified atom stereocenters. The average Bonchev–Trinajstić information content (AvgIpc) is 2.87. The zero-order chi connectivity index (χ0) is 13.7. The molecule has 1 amide bonds. The Bertz CT molecular complexity index is 295. The van der Waals surface area contributed by atoms with Crippen LogP contribution in [0.1, 0.15) is 51.9 Å². The van der Waals surface area contributed by atoms with Crippen LogP contribution in [0.5, 0.6) is 0 Å². The van der Waals surface area contributed by atoms with Crippen molar-refractivity contribution in [1.82, 2.24) is 10.6 Å². The van der Waals surface area contributed by atoms with Gasteiger partial charge in [0.2, 0.25) is 5.91 Å². The molecule has 4 nitrogen and oxygen atoms in total. The normalized spacial score (nSPS) is 35.3. The molecule has 0 spiro atoms. The van der Waals surface area contributed by atoms with E-state index < -0.39 is 0 Å². The van der Waals surface area contributed by atoms with Gasteiger partial charge in [-0.3, -0.25) is 4.79 Å². The lowest BCUT2D eigenvalue weighted by atomic mass is 9.76. The Balaban J connectivity index is 1.99. The van der Waals surface area contributed by atoms with Crippen LogP contribution in [0.15, 0.2) is 0 Å². The van der Waals surface area contributed by atoms with E-state index in [0.29, 0.717) is 0 Å². The quantitative estimate of drug-likeness (QED) is 0.800. The fourth-order valence-corrected chi connectivity index (χ4v) is 3.66. The molecule has 0 radical (unpaired) electrons. The van der Waals surface area contributed by atoms with Crippen LogP contribution in [0.3, 0.4) is 0 Å². The summed E-state index contributed by atoms with van der Waals surface area (Å²) >= 11 is 0. The molecule has 1 saturated heterocycles. The lowest BCUT2D eigenvalue weighted by Crippen LogP contribution is -2.54. The standard InChI is InChI=1S/C15H28N2O2/c1-3-8-15(9-5-10-16-11-15)14(18)17-12-6-4-7-13(12)19-2/h12-13,16H,3-11H2,1-2H3,(H,17,18). The highest BCUT2D eigenvalue weighted by molar-refractivity contribution is 5.83. The molecular formula is C15H28N2O2. The van der Waals surface area contributed by atoms with Gasteiger partial charge < -0.3 is 15.4 Å². The topological polar surface area (TPSA) is 50.4 Å². The van der Waals surface area contributed by atoms with Crippen molar-refractivity contribution in [2.75, 3.05) is 20.2 Å². The molecule has 0 bridgehead atoms. The van der Waals surface area contributed by atoms with Crippen molar-refractivity contribution in [2.24, 2.45) is 5.41 Å². The van der Waals surface area contributed by atoms with Crippen molar-refractivity contribution < 1.29 is 9.53 Å². The second kappa shape index (κ2) is 6.71. The second-order valence-electron chi connectivity index (χ2n) is 6.10. The minimum Gasteiger partial charge on any atom is -0.379 e. The molecule has 1 aliphatic carbocycles. The van der Waals surface area contributed by atoms with Gasteiger partial charge in [-0.2, -0.15) is 0 Å².